The Labute approximate surface area is 120 Å². The first-order valence-corrected chi connectivity index (χ1v) is 7.00. The van der Waals surface area contributed by atoms with Crippen LogP contribution in [0, 0.1) is 5.92 Å². The maximum absolute atomic E-state index is 12.2. The van der Waals surface area contributed by atoms with Crippen LogP contribution >= 0.6 is 0 Å². The molecule has 3 N–H and O–H groups in total. The van der Waals surface area contributed by atoms with Gasteiger partial charge in [0.05, 0.1) is 5.56 Å². The molecular formula is C15H23N3O2. The summed E-state index contributed by atoms with van der Waals surface area (Å²) in [7, 11) is 3.50. The zero-order valence-corrected chi connectivity index (χ0v) is 12.2. The zero-order chi connectivity index (χ0) is 14.5. The van der Waals surface area contributed by atoms with E-state index < -0.39 is 0 Å². The Morgan fingerprint density at radius 1 is 1.40 bits per heavy atom. The molecule has 0 saturated carbocycles. The molecule has 110 valence electrons. The second-order valence-electron chi connectivity index (χ2n) is 5.44. The van der Waals surface area contributed by atoms with E-state index in [9.17, 15) is 4.79 Å². The van der Waals surface area contributed by atoms with E-state index in [0.717, 1.165) is 38.3 Å². The second kappa shape index (κ2) is 6.61. The molecule has 1 amide bonds. The Kier molecular flexibility index (Phi) is 4.84. The average molecular weight is 277 g/mol. The van der Waals surface area contributed by atoms with Crippen molar-refractivity contribution in [2.75, 3.05) is 44.9 Å². The van der Waals surface area contributed by atoms with Gasteiger partial charge in [0.2, 0.25) is 0 Å². The monoisotopic (exact) mass is 277 g/mol. The Morgan fingerprint density at radius 2 is 2.10 bits per heavy atom. The lowest BCUT2D eigenvalue weighted by Gasteiger charge is -2.23. The largest absolute Gasteiger partial charge is 0.399 e. The van der Waals surface area contributed by atoms with Gasteiger partial charge in [-0.2, -0.15) is 0 Å². The molecule has 1 saturated heterocycles. The summed E-state index contributed by atoms with van der Waals surface area (Å²) in [5, 5.41) is 3.38. The fraction of sp³-hybridized carbons (Fsp3) is 0.533. The molecular weight excluding hydrogens is 254 g/mol. The second-order valence-corrected chi connectivity index (χ2v) is 5.44. The van der Waals surface area contributed by atoms with Crippen LogP contribution in [0.2, 0.25) is 0 Å². The summed E-state index contributed by atoms with van der Waals surface area (Å²) in [6, 6.07) is 5.37. The number of amides is 1. The molecule has 5 nitrogen and oxygen atoms in total. The van der Waals surface area contributed by atoms with Crippen molar-refractivity contribution >= 4 is 17.3 Å². The molecule has 1 aromatic carbocycles. The molecule has 1 aliphatic heterocycles. The van der Waals surface area contributed by atoms with Gasteiger partial charge in [-0.15, -0.1) is 0 Å². The van der Waals surface area contributed by atoms with Crippen molar-refractivity contribution in [2.24, 2.45) is 5.92 Å². The van der Waals surface area contributed by atoms with Gasteiger partial charge in [0.15, 0.2) is 0 Å². The van der Waals surface area contributed by atoms with Gasteiger partial charge in [-0.3, -0.25) is 4.79 Å². The van der Waals surface area contributed by atoms with Crippen LogP contribution in [0.3, 0.4) is 0 Å². The van der Waals surface area contributed by atoms with Crippen molar-refractivity contribution in [1.29, 1.82) is 0 Å². The number of nitrogens with zero attached hydrogens (tertiary/aromatic N) is 1. The summed E-state index contributed by atoms with van der Waals surface area (Å²) in [4.78, 5) is 13.7. The zero-order valence-electron chi connectivity index (χ0n) is 12.2. The number of nitrogens with one attached hydrogen (secondary N) is 1. The minimum absolute atomic E-state index is 0.0144. The van der Waals surface area contributed by atoms with Gasteiger partial charge < -0.3 is 20.7 Å². The van der Waals surface area contributed by atoms with Crippen LogP contribution in [0.25, 0.3) is 0 Å². The molecule has 1 heterocycles. The highest BCUT2D eigenvalue weighted by Crippen LogP contribution is 2.22. The number of rotatable bonds is 4. The number of nitrogens with two attached hydrogens (primary N) is 1. The van der Waals surface area contributed by atoms with Gasteiger partial charge in [0, 0.05) is 45.2 Å². The predicted octanol–water partition coefficient (Wildman–Crippen LogP) is 1.81. The molecule has 1 aromatic rings. The summed E-state index contributed by atoms with van der Waals surface area (Å²) < 4.78 is 5.36. The standard InChI is InChI=1S/C15H23N3O2/c1-18(2)15(19)13-4-3-12(16)9-14(13)17-10-11-5-7-20-8-6-11/h3-4,9,11,17H,5-8,10,16H2,1-2H3. The molecule has 2 rings (SSSR count). The molecule has 1 aliphatic rings. The molecule has 0 aliphatic carbocycles. The van der Waals surface area contributed by atoms with E-state index in [1.807, 2.05) is 6.07 Å². The van der Waals surface area contributed by atoms with Crippen LogP contribution in [0.4, 0.5) is 11.4 Å². The minimum atomic E-state index is -0.0144. The third kappa shape index (κ3) is 3.63. The Balaban J connectivity index is 2.08. The molecule has 0 atom stereocenters. The number of anilines is 2. The van der Waals surface area contributed by atoms with E-state index in [4.69, 9.17) is 10.5 Å². The van der Waals surface area contributed by atoms with Crippen LogP contribution in [0.5, 0.6) is 0 Å². The van der Waals surface area contributed by atoms with E-state index >= 15 is 0 Å². The number of nitrogen functional groups attached to an aromatic ring is 1. The van der Waals surface area contributed by atoms with Crippen LogP contribution in [0.15, 0.2) is 18.2 Å². The van der Waals surface area contributed by atoms with Gasteiger partial charge in [-0.25, -0.2) is 0 Å². The summed E-state index contributed by atoms with van der Waals surface area (Å²) in [6.07, 6.45) is 2.12. The molecule has 0 spiro atoms. The van der Waals surface area contributed by atoms with Crippen molar-refractivity contribution in [1.82, 2.24) is 4.90 Å². The molecule has 0 radical (unpaired) electrons. The first-order valence-electron chi connectivity index (χ1n) is 7.00. The number of hydrogen-bond donors (Lipinski definition) is 2. The number of hydrogen-bond acceptors (Lipinski definition) is 4. The quantitative estimate of drug-likeness (QED) is 0.824. The van der Waals surface area contributed by atoms with Gasteiger partial charge in [0.1, 0.15) is 0 Å². The van der Waals surface area contributed by atoms with Crippen LogP contribution in [-0.4, -0.2) is 44.7 Å². The SMILES string of the molecule is CN(C)C(=O)c1ccc(N)cc1NCC1CCOCC1. The van der Waals surface area contributed by atoms with E-state index in [-0.39, 0.29) is 5.91 Å². The molecule has 0 bridgehead atoms. The van der Waals surface area contributed by atoms with Crippen LogP contribution < -0.4 is 11.1 Å². The first kappa shape index (κ1) is 14.7. The third-order valence-corrected chi connectivity index (χ3v) is 3.60. The number of ether oxygens (including phenoxy) is 1. The van der Waals surface area contributed by atoms with E-state index in [1.165, 1.54) is 0 Å². The van der Waals surface area contributed by atoms with Crippen molar-refractivity contribution in [3.63, 3.8) is 0 Å². The summed E-state index contributed by atoms with van der Waals surface area (Å²) in [5.41, 5.74) is 7.97. The Morgan fingerprint density at radius 3 is 2.75 bits per heavy atom. The smallest absolute Gasteiger partial charge is 0.255 e. The molecule has 0 unspecified atom stereocenters. The van der Waals surface area contributed by atoms with Crippen molar-refractivity contribution in [2.45, 2.75) is 12.8 Å². The lowest BCUT2D eigenvalue weighted by atomic mass is 10.00. The van der Waals surface area contributed by atoms with Crippen molar-refractivity contribution in [3.8, 4) is 0 Å². The molecule has 20 heavy (non-hydrogen) atoms. The van der Waals surface area contributed by atoms with Gasteiger partial charge >= 0.3 is 0 Å². The highest BCUT2D eigenvalue weighted by Gasteiger charge is 2.17. The van der Waals surface area contributed by atoms with Gasteiger partial charge in [0.25, 0.3) is 5.91 Å². The maximum atomic E-state index is 12.2. The highest BCUT2D eigenvalue weighted by atomic mass is 16.5. The summed E-state index contributed by atoms with van der Waals surface area (Å²) in [5.74, 6) is 0.576. The van der Waals surface area contributed by atoms with Crippen molar-refractivity contribution < 1.29 is 9.53 Å². The third-order valence-electron chi connectivity index (χ3n) is 3.60. The fourth-order valence-electron chi connectivity index (χ4n) is 2.34. The molecule has 5 heteroatoms. The summed E-state index contributed by atoms with van der Waals surface area (Å²) in [6.45, 7) is 2.50. The first-order chi connectivity index (χ1) is 9.58. The average Bonchev–Trinajstić information content (AvgIpc) is 2.45. The molecule has 0 aromatic heterocycles. The fourth-order valence-corrected chi connectivity index (χ4v) is 2.34. The minimum Gasteiger partial charge on any atom is -0.399 e. The number of benzene rings is 1. The predicted molar refractivity (Wildman–Crippen MR) is 80.9 cm³/mol. The van der Waals surface area contributed by atoms with Crippen LogP contribution in [0.1, 0.15) is 23.2 Å². The summed E-state index contributed by atoms with van der Waals surface area (Å²) >= 11 is 0. The highest BCUT2D eigenvalue weighted by molar-refractivity contribution is 5.99. The Bertz CT molecular complexity index is 468. The topological polar surface area (TPSA) is 67.6 Å². The van der Waals surface area contributed by atoms with E-state index in [1.54, 1.807) is 31.1 Å². The number of carbonyl (C=O) groups is 1. The maximum Gasteiger partial charge on any atom is 0.255 e. The van der Waals surface area contributed by atoms with E-state index in [2.05, 4.69) is 5.32 Å². The van der Waals surface area contributed by atoms with E-state index in [0.29, 0.717) is 17.2 Å². The normalized spacial score (nSPS) is 15.9. The van der Waals surface area contributed by atoms with Crippen molar-refractivity contribution in [3.05, 3.63) is 23.8 Å². The lowest BCUT2D eigenvalue weighted by Crippen LogP contribution is -2.25. The molecule has 1 fully saturated rings. The Hall–Kier alpha value is -1.75. The van der Waals surface area contributed by atoms with Crippen LogP contribution in [-0.2, 0) is 4.74 Å². The number of carbonyl (C=O) groups excluding carboxylic acids is 1. The lowest BCUT2D eigenvalue weighted by molar-refractivity contribution is 0.0699. The van der Waals surface area contributed by atoms with Gasteiger partial charge in [-0.1, -0.05) is 0 Å². The van der Waals surface area contributed by atoms with Gasteiger partial charge in [-0.05, 0) is 37.0 Å².